The second kappa shape index (κ2) is 17.7. The van der Waals surface area contributed by atoms with Gasteiger partial charge in [-0.2, -0.15) is 0 Å². The molecule has 0 fully saturated rings. The molecule has 3 N–H and O–H groups in total. The molecule has 0 amide bonds. The van der Waals surface area contributed by atoms with Crippen molar-refractivity contribution < 1.29 is 20.1 Å². The topological polar surface area (TPSA) is 69.9 Å². The lowest BCUT2D eigenvalue weighted by Crippen LogP contribution is -2.33. The molecule has 3 unspecified atom stereocenters. The first-order valence-electron chi connectivity index (χ1n) is 11.8. The predicted molar refractivity (Wildman–Crippen MR) is 118 cm³/mol. The first kappa shape index (κ1) is 27.8. The van der Waals surface area contributed by atoms with Crippen LogP contribution in [0.2, 0.25) is 0 Å². The Morgan fingerprint density at radius 1 is 0.607 bits per heavy atom. The summed E-state index contributed by atoms with van der Waals surface area (Å²) in [5.41, 5.74) is 0. The van der Waals surface area contributed by atoms with Crippen molar-refractivity contribution in [3.8, 4) is 0 Å². The van der Waals surface area contributed by atoms with Crippen LogP contribution < -0.4 is 0 Å². The highest BCUT2D eigenvalue weighted by Gasteiger charge is 2.15. The molecule has 4 nitrogen and oxygen atoms in total. The van der Waals surface area contributed by atoms with Crippen molar-refractivity contribution in [2.45, 2.75) is 111 Å². The molecule has 0 aliphatic rings. The Bertz CT molecular complexity index is 335. The van der Waals surface area contributed by atoms with Gasteiger partial charge in [-0.05, 0) is 30.1 Å². The Kier molecular flexibility index (Phi) is 17.6. The van der Waals surface area contributed by atoms with Gasteiger partial charge in [0.15, 0.2) is 0 Å². The Hall–Kier alpha value is -0.160. The van der Waals surface area contributed by atoms with Gasteiger partial charge >= 0.3 is 0 Å². The summed E-state index contributed by atoms with van der Waals surface area (Å²) in [7, 11) is 0. The van der Waals surface area contributed by atoms with Gasteiger partial charge in [0.05, 0.1) is 13.2 Å². The molecule has 5 atom stereocenters. The number of ether oxygens (including phenoxy) is 1. The Morgan fingerprint density at radius 2 is 1.04 bits per heavy atom. The summed E-state index contributed by atoms with van der Waals surface area (Å²) in [5, 5.41) is 27.6. The molecule has 0 spiro atoms. The molecule has 170 valence electrons. The Morgan fingerprint density at radius 3 is 1.46 bits per heavy atom. The summed E-state index contributed by atoms with van der Waals surface area (Å²) >= 11 is 0. The number of aliphatic hydroxyl groups excluding tert-OH is 3. The van der Waals surface area contributed by atoms with Crippen molar-refractivity contribution in [3.63, 3.8) is 0 Å². The van der Waals surface area contributed by atoms with Crippen molar-refractivity contribution in [1.29, 1.82) is 0 Å². The van der Waals surface area contributed by atoms with Crippen LogP contribution in [0.5, 0.6) is 0 Å². The van der Waals surface area contributed by atoms with Crippen molar-refractivity contribution >= 4 is 0 Å². The molecule has 0 aromatic carbocycles. The molecule has 0 aliphatic carbocycles. The Balaban J connectivity index is 3.57. The molecule has 28 heavy (non-hydrogen) atoms. The number of rotatable bonds is 19. The summed E-state index contributed by atoms with van der Waals surface area (Å²) in [5.74, 6) is 3.16. The van der Waals surface area contributed by atoms with E-state index in [1.807, 2.05) is 0 Å². The van der Waals surface area contributed by atoms with Crippen molar-refractivity contribution in [1.82, 2.24) is 0 Å². The summed E-state index contributed by atoms with van der Waals surface area (Å²) < 4.78 is 5.41. The molecule has 0 bridgehead atoms. The van der Waals surface area contributed by atoms with E-state index in [0.29, 0.717) is 12.5 Å². The van der Waals surface area contributed by atoms with E-state index in [1.165, 1.54) is 57.8 Å². The number of hydrogen-bond donors (Lipinski definition) is 3. The average molecular weight is 403 g/mol. The zero-order chi connectivity index (χ0) is 21.4. The molecule has 4 heteroatoms. The highest BCUT2D eigenvalue weighted by Crippen LogP contribution is 2.22. The largest absolute Gasteiger partial charge is 0.394 e. The van der Waals surface area contributed by atoms with Crippen molar-refractivity contribution in [2.24, 2.45) is 23.7 Å². The highest BCUT2D eigenvalue weighted by atomic mass is 16.5. The minimum Gasteiger partial charge on any atom is -0.394 e. The first-order chi connectivity index (χ1) is 13.3. The van der Waals surface area contributed by atoms with Crippen LogP contribution in [0.4, 0.5) is 0 Å². The molecular weight excluding hydrogens is 352 g/mol. The smallest absolute Gasteiger partial charge is 0.105 e. The quantitative estimate of drug-likeness (QED) is 0.260. The monoisotopic (exact) mass is 402 g/mol. The lowest BCUT2D eigenvalue weighted by Gasteiger charge is -2.17. The fourth-order valence-electron chi connectivity index (χ4n) is 3.66. The van der Waals surface area contributed by atoms with Gasteiger partial charge in [0.25, 0.3) is 0 Å². The maximum absolute atomic E-state index is 9.52. The van der Waals surface area contributed by atoms with E-state index in [0.717, 1.165) is 24.2 Å². The standard InChI is InChI=1S/C24H50O4/c1-19(2)9-6-10-20(3)11-7-12-21(4)13-8-14-22(5)15-16-28-18-24(27)23(26)17-25/h19-27H,6-18H2,1-5H3/t20?,21?,22?,23-,24+/m1/s1. The fourth-order valence-corrected chi connectivity index (χ4v) is 3.66. The summed E-state index contributed by atoms with van der Waals surface area (Å²) in [6.07, 6.45) is 10.9. The third-order valence-corrected chi connectivity index (χ3v) is 5.94. The molecule has 0 heterocycles. The van der Waals surface area contributed by atoms with Gasteiger partial charge in [-0.25, -0.2) is 0 Å². The van der Waals surface area contributed by atoms with Crippen molar-refractivity contribution in [2.75, 3.05) is 19.8 Å². The van der Waals surface area contributed by atoms with Crippen LogP contribution in [0.15, 0.2) is 0 Å². The number of hydrogen-bond acceptors (Lipinski definition) is 4. The average Bonchev–Trinajstić information content (AvgIpc) is 2.64. The molecule has 0 saturated heterocycles. The van der Waals surface area contributed by atoms with Gasteiger partial charge in [-0.1, -0.05) is 92.4 Å². The third kappa shape index (κ3) is 16.8. The van der Waals surface area contributed by atoms with Crippen molar-refractivity contribution in [3.05, 3.63) is 0 Å². The zero-order valence-corrected chi connectivity index (χ0v) is 19.4. The van der Waals surface area contributed by atoms with Crippen LogP contribution in [-0.2, 0) is 4.74 Å². The summed E-state index contributed by atoms with van der Waals surface area (Å²) in [6, 6.07) is 0. The molecule has 0 saturated carbocycles. The first-order valence-corrected chi connectivity index (χ1v) is 11.8. The van der Waals surface area contributed by atoms with E-state index in [-0.39, 0.29) is 6.61 Å². The normalized spacial score (nSPS) is 17.5. The van der Waals surface area contributed by atoms with E-state index in [4.69, 9.17) is 9.84 Å². The lowest BCUT2D eigenvalue weighted by molar-refractivity contribution is -0.0580. The van der Waals surface area contributed by atoms with Crippen LogP contribution >= 0.6 is 0 Å². The van der Waals surface area contributed by atoms with Gasteiger partial charge in [0.2, 0.25) is 0 Å². The minimum atomic E-state index is -1.11. The summed E-state index contributed by atoms with van der Waals surface area (Å²) in [4.78, 5) is 0. The van der Waals surface area contributed by atoms with Gasteiger partial charge in [-0.15, -0.1) is 0 Å². The molecule has 0 rings (SSSR count). The van der Waals surface area contributed by atoms with Crippen LogP contribution in [0.25, 0.3) is 0 Å². The fraction of sp³-hybridized carbons (Fsp3) is 1.00. The minimum absolute atomic E-state index is 0.0847. The molecule has 0 aliphatic heterocycles. The predicted octanol–water partition coefficient (Wildman–Crippen LogP) is 5.18. The molecular formula is C24H50O4. The molecule has 0 aromatic heterocycles. The highest BCUT2D eigenvalue weighted by molar-refractivity contribution is 4.65. The second-order valence-corrected chi connectivity index (χ2v) is 9.68. The summed E-state index contributed by atoms with van der Waals surface area (Å²) in [6.45, 7) is 11.9. The van der Waals surface area contributed by atoms with E-state index >= 15 is 0 Å². The maximum Gasteiger partial charge on any atom is 0.105 e. The van der Waals surface area contributed by atoms with Crippen LogP contribution in [0.3, 0.4) is 0 Å². The van der Waals surface area contributed by atoms with E-state index in [9.17, 15) is 10.2 Å². The second-order valence-electron chi connectivity index (χ2n) is 9.68. The van der Waals surface area contributed by atoms with Crippen LogP contribution in [-0.4, -0.2) is 47.3 Å². The van der Waals surface area contributed by atoms with Crippen LogP contribution in [0.1, 0.15) is 98.8 Å². The Labute approximate surface area is 175 Å². The van der Waals surface area contributed by atoms with Gasteiger partial charge < -0.3 is 20.1 Å². The lowest BCUT2D eigenvalue weighted by atomic mass is 9.91. The van der Waals surface area contributed by atoms with E-state index < -0.39 is 18.8 Å². The number of aliphatic hydroxyl groups is 3. The van der Waals surface area contributed by atoms with Gasteiger partial charge in [0.1, 0.15) is 12.2 Å². The third-order valence-electron chi connectivity index (χ3n) is 5.94. The van der Waals surface area contributed by atoms with E-state index in [2.05, 4.69) is 34.6 Å². The van der Waals surface area contributed by atoms with E-state index in [1.54, 1.807) is 0 Å². The van der Waals surface area contributed by atoms with Gasteiger partial charge in [-0.3, -0.25) is 0 Å². The molecule has 0 aromatic rings. The molecule has 0 radical (unpaired) electrons. The van der Waals surface area contributed by atoms with Crippen LogP contribution in [0, 0.1) is 23.7 Å². The maximum atomic E-state index is 9.52. The van der Waals surface area contributed by atoms with Gasteiger partial charge in [0, 0.05) is 6.61 Å². The zero-order valence-electron chi connectivity index (χ0n) is 19.4. The SMILES string of the molecule is CC(C)CCCC(C)CCCC(C)CCCC(C)CCOC[C@H](O)[C@H](O)CO.